The molecule has 8 nitrogen and oxygen atoms in total. The van der Waals surface area contributed by atoms with Gasteiger partial charge in [-0.25, -0.2) is 9.48 Å². The van der Waals surface area contributed by atoms with Crippen LogP contribution in [0.5, 0.6) is 0 Å². The summed E-state index contributed by atoms with van der Waals surface area (Å²) in [5.41, 5.74) is 0.479. The van der Waals surface area contributed by atoms with Gasteiger partial charge >= 0.3 is 5.97 Å². The molecule has 1 aromatic rings. The summed E-state index contributed by atoms with van der Waals surface area (Å²) in [4.78, 5) is 26.7. The van der Waals surface area contributed by atoms with Crippen LogP contribution in [0.1, 0.15) is 57.7 Å². The molecule has 3 atom stereocenters. The summed E-state index contributed by atoms with van der Waals surface area (Å²) < 4.78 is 6.41. The highest BCUT2D eigenvalue weighted by atomic mass is 16.5. The van der Waals surface area contributed by atoms with Crippen LogP contribution in [0, 0.1) is 5.41 Å². The molecule has 0 aromatic carbocycles. The van der Waals surface area contributed by atoms with E-state index in [-0.39, 0.29) is 18.9 Å². The minimum absolute atomic E-state index is 0.120. The van der Waals surface area contributed by atoms with Gasteiger partial charge in [-0.15, -0.1) is 5.10 Å². The maximum atomic E-state index is 13.3. The predicted octanol–water partition coefficient (Wildman–Crippen LogP) is 0.877. The van der Waals surface area contributed by atoms with Crippen LogP contribution in [0.4, 0.5) is 0 Å². The number of esters is 1. The molecule has 1 N–H and O–H groups in total. The van der Waals surface area contributed by atoms with Gasteiger partial charge in [-0.05, 0) is 18.3 Å². The molecule has 8 heteroatoms. The number of amides is 1. The van der Waals surface area contributed by atoms with E-state index >= 15 is 0 Å². The maximum Gasteiger partial charge on any atom is 0.328 e. The first kappa shape index (κ1) is 17.8. The van der Waals surface area contributed by atoms with Crippen LogP contribution in [0.25, 0.3) is 0 Å². The molecule has 1 aromatic heterocycles. The standard InChI is InChI=1S/C17H26N4O4/c1-17(2,3)14(21-9-12(18-19-21)10-5-6-10)15(23)20-8-11(22)7-13(20)16(24)25-4/h9-11,13-14,22H,5-8H2,1-4H3/t11?,13-,14?/m1/s1. The molecule has 2 unspecified atom stereocenters. The number of hydrogen-bond donors (Lipinski definition) is 1. The van der Waals surface area contributed by atoms with Gasteiger partial charge in [0.05, 0.1) is 18.9 Å². The maximum absolute atomic E-state index is 13.3. The van der Waals surface area contributed by atoms with Crippen LogP contribution in [-0.2, 0) is 14.3 Å². The molecule has 2 aliphatic rings. The molecule has 0 bridgehead atoms. The number of ether oxygens (including phenoxy) is 1. The van der Waals surface area contributed by atoms with Gasteiger partial charge in [0.15, 0.2) is 0 Å². The lowest BCUT2D eigenvalue weighted by Gasteiger charge is -2.34. The lowest BCUT2D eigenvalue weighted by molar-refractivity contribution is -0.153. The van der Waals surface area contributed by atoms with Crippen LogP contribution in [0.3, 0.4) is 0 Å². The Morgan fingerprint density at radius 1 is 1.36 bits per heavy atom. The van der Waals surface area contributed by atoms with Gasteiger partial charge in [-0.3, -0.25) is 4.79 Å². The largest absolute Gasteiger partial charge is 0.467 e. The number of rotatable bonds is 4. The molecule has 2 fully saturated rings. The lowest BCUT2D eigenvalue weighted by Crippen LogP contribution is -2.48. The highest BCUT2D eigenvalue weighted by Crippen LogP contribution is 2.40. The second-order valence-corrected chi connectivity index (χ2v) is 8.09. The van der Waals surface area contributed by atoms with Gasteiger partial charge in [-0.2, -0.15) is 0 Å². The summed E-state index contributed by atoms with van der Waals surface area (Å²) in [5.74, 6) is -0.303. The van der Waals surface area contributed by atoms with Crippen LogP contribution in [-0.4, -0.2) is 62.7 Å². The van der Waals surface area contributed by atoms with Crippen molar-refractivity contribution in [3.63, 3.8) is 0 Å². The Morgan fingerprint density at radius 2 is 2.04 bits per heavy atom. The zero-order valence-corrected chi connectivity index (χ0v) is 15.2. The second kappa shape index (κ2) is 6.40. The third-order valence-corrected chi connectivity index (χ3v) is 4.88. The van der Waals surface area contributed by atoms with E-state index in [1.807, 2.05) is 27.0 Å². The minimum atomic E-state index is -0.760. The molecule has 25 heavy (non-hydrogen) atoms. The molecule has 138 valence electrons. The summed E-state index contributed by atoms with van der Waals surface area (Å²) >= 11 is 0. The summed E-state index contributed by atoms with van der Waals surface area (Å²) in [5, 5.41) is 18.4. The van der Waals surface area contributed by atoms with Crippen LogP contribution >= 0.6 is 0 Å². The zero-order valence-electron chi connectivity index (χ0n) is 15.2. The molecule has 2 heterocycles. The smallest absolute Gasteiger partial charge is 0.328 e. The van der Waals surface area contributed by atoms with E-state index in [9.17, 15) is 14.7 Å². The van der Waals surface area contributed by atoms with E-state index in [0.717, 1.165) is 18.5 Å². The molecular weight excluding hydrogens is 324 g/mol. The number of carbonyl (C=O) groups is 2. The molecule has 1 aliphatic heterocycles. The number of carbonyl (C=O) groups excluding carboxylic acids is 2. The third kappa shape index (κ3) is 3.53. The van der Waals surface area contributed by atoms with E-state index in [1.54, 1.807) is 4.68 Å². The number of likely N-dealkylation sites (tertiary alicyclic amines) is 1. The van der Waals surface area contributed by atoms with Gasteiger partial charge in [0, 0.05) is 25.1 Å². The summed E-state index contributed by atoms with van der Waals surface area (Å²) in [6.07, 6.45) is 3.52. The summed E-state index contributed by atoms with van der Waals surface area (Å²) in [7, 11) is 1.29. The number of hydrogen-bond acceptors (Lipinski definition) is 6. The van der Waals surface area contributed by atoms with Gasteiger partial charge in [0.1, 0.15) is 12.1 Å². The monoisotopic (exact) mass is 350 g/mol. The first-order valence-electron chi connectivity index (χ1n) is 8.70. The Balaban J connectivity index is 1.89. The quantitative estimate of drug-likeness (QED) is 0.810. The predicted molar refractivity (Wildman–Crippen MR) is 88.6 cm³/mol. The van der Waals surface area contributed by atoms with Crippen molar-refractivity contribution in [3.05, 3.63) is 11.9 Å². The van der Waals surface area contributed by atoms with Crippen LogP contribution in [0.15, 0.2) is 6.20 Å². The molecule has 1 saturated carbocycles. The first-order chi connectivity index (χ1) is 11.7. The summed E-state index contributed by atoms with van der Waals surface area (Å²) in [6.45, 7) is 5.98. The second-order valence-electron chi connectivity index (χ2n) is 8.09. The van der Waals surface area contributed by atoms with Crippen molar-refractivity contribution in [2.75, 3.05) is 13.7 Å². The Hall–Kier alpha value is -1.96. The fourth-order valence-electron chi connectivity index (χ4n) is 3.44. The van der Waals surface area contributed by atoms with Crippen LogP contribution < -0.4 is 0 Å². The molecule has 0 radical (unpaired) electrons. The first-order valence-corrected chi connectivity index (χ1v) is 8.70. The number of β-amino-alcohol motifs (C(OH)–C–C–N with tert-alkyl or cyclic N) is 1. The van der Waals surface area contributed by atoms with Crippen molar-refractivity contribution in [2.45, 2.75) is 64.1 Å². The van der Waals surface area contributed by atoms with E-state index in [4.69, 9.17) is 4.74 Å². The van der Waals surface area contributed by atoms with Crippen molar-refractivity contribution in [1.29, 1.82) is 0 Å². The topological polar surface area (TPSA) is 97.6 Å². The van der Waals surface area contributed by atoms with Crippen molar-refractivity contribution in [2.24, 2.45) is 5.41 Å². The SMILES string of the molecule is COC(=O)[C@H]1CC(O)CN1C(=O)C(n1cc(C2CC2)nn1)C(C)(C)C. The molecule has 1 aliphatic carbocycles. The average Bonchev–Trinajstić information content (AvgIpc) is 3.15. The molecule has 3 rings (SSSR count). The fourth-order valence-corrected chi connectivity index (χ4v) is 3.44. The zero-order chi connectivity index (χ0) is 18.4. The van der Waals surface area contributed by atoms with Gasteiger partial charge in [-0.1, -0.05) is 26.0 Å². The molecule has 1 amide bonds. The van der Waals surface area contributed by atoms with Crippen molar-refractivity contribution in [3.8, 4) is 0 Å². The molecule has 1 saturated heterocycles. The third-order valence-electron chi connectivity index (χ3n) is 4.88. The van der Waals surface area contributed by atoms with E-state index in [0.29, 0.717) is 5.92 Å². The Labute approximate surface area is 147 Å². The average molecular weight is 350 g/mol. The van der Waals surface area contributed by atoms with E-state index < -0.39 is 29.6 Å². The van der Waals surface area contributed by atoms with Gasteiger partial charge in [0.2, 0.25) is 5.91 Å². The summed E-state index contributed by atoms with van der Waals surface area (Å²) in [6, 6.07) is -1.37. The Bertz CT molecular complexity index is 662. The number of nitrogens with zero attached hydrogens (tertiary/aromatic N) is 4. The normalized spacial score (nSPS) is 25.1. The van der Waals surface area contributed by atoms with Crippen molar-refractivity contribution < 1.29 is 19.4 Å². The van der Waals surface area contributed by atoms with Gasteiger partial charge in [0.25, 0.3) is 0 Å². The highest BCUT2D eigenvalue weighted by Gasteiger charge is 2.45. The van der Waals surface area contributed by atoms with E-state index in [1.165, 1.54) is 12.0 Å². The number of aromatic nitrogens is 3. The minimum Gasteiger partial charge on any atom is -0.467 e. The number of aliphatic hydroxyl groups is 1. The highest BCUT2D eigenvalue weighted by molar-refractivity contribution is 5.87. The number of aliphatic hydroxyl groups excluding tert-OH is 1. The van der Waals surface area contributed by atoms with Crippen molar-refractivity contribution >= 4 is 11.9 Å². The van der Waals surface area contributed by atoms with Crippen molar-refractivity contribution in [1.82, 2.24) is 19.9 Å². The number of methoxy groups -OCH3 is 1. The molecule has 0 spiro atoms. The fraction of sp³-hybridized carbons (Fsp3) is 0.765. The van der Waals surface area contributed by atoms with Gasteiger partial charge < -0.3 is 14.7 Å². The van der Waals surface area contributed by atoms with E-state index in [2.05, 4.69) is 10.3 Å². The molecular formula is C17H26N4O4. The Kier molecular flexibility index (Phi) is 4.57. The Morgan fingerprint density at radius 3 is 2.60 bits per heavy atom. The lowest BCUT2D eigenvalue weighted by atomic mass is 9.85. The van der Waals surface area contributed by atoms with Crippen LogP contribution in [0.2, 0.25) is 0 Å².